The van der Waals surface area contributed by atoms with Gasteiger partial charge in [-0.25, -0.2) is 24.1 Å². The third-order valence-corrected chi connectivity index (χ3v) is 4.68. The van der Waals surface area contributed by atoms with Crippen LogP contribution in [-0.4, -0.2) is 54.0 Å². The fourth-order valence-electron chi connectivity index (χ4n) is 3.20. The van der Waals surface area contributed by atoms with E-state index in [4.69, 9.17) is 9.47 Å². The highest BCUT2D eigenvalue weighted by molar-refractivity contribution is 5.69. The molecule has 0 saturated carbocycles. The van der Waals surface area contributed by atoms with Crippen molar-refractivity contribution < 1.29 is 14.3 Å². The van der Waals surface area contributed by atoms with Gasteiger partial charge in [-0.3, -0.25) is 4.79 Å². The third kappa shape index (κ3) is 4.37. The van der Waals surface area contributed by atoms with Crippen molar-refractivity contribution in [3.05, 3.63) is 53.9 Å². The largest absolute Gasteiger partial charge is 0.478 e. The topological polar surface area (TPSA) is 109 Å². The first-order valence-corrected chi connectivity index (χ1v) is 9.99. The SMILES string of the molecule is CCOC(=O)Cn1nc(-c2ccccc2)nc1CCc1nc2c(OC)ncc(C)n2n1. The van der Waals surface area contributed by atoms with Crippen LogP contribution < -0.4 is 4.74 Å². The van der Waals surface area contributed by atoms with Gasteiger partial charge in [0.2, 0.25) is 5.65 Å². The van der Waals surface area contributed by atoms with Crippen LogP contribution in [-0.2, 0) is 28.9 Å². The van der Waals surface area contributed by atoms with Crippen LogP contribution in [0.3, 0.4) is 0 Å². The minimum absolute atomic E-state index is 0.00154. The lowest BCUT2D eigenvalue weighted by molar-refractivity contribution is -0.144. The van der Waals surface area contributed by atoms with E-state index < -0.39 is 0 Å². The first-order valence-electron chi connectivity index (χ1n) is 9.99. The molecule has 0 amide bonds. The van der Waals surface area contributed by atoms with Crippen LogP contribution in [0.1, 0.15) is 24.3 Å². The first-order chi connectivity index (χ1) is 15.1. The molecule has 0 fully saturated rings. The highest BCUT2D eigenvalue weighted by Gasteiger charge is 2.17. The second kappa shape index (κ2) is 8.90. The Labute approximate surface area is 178 Å². The van der Waals surface area contributed by atoms with Crippen LogP contribution in [0.2, 0.25) is 0 Å². The highest BCUT2D eigenvalue weighted by Crippen LogP contribution is 2.18. The molecule has 4 aromatic rings. The Morgan fingerprint density at radius 3 is 2.65 bits per heavy atom. The molecule has 0 unspecified atom stereocenters. The maximum atomic E-state index is 12.1. The van der Waals surface area contributed by atoms with Crippen molar-refractivity contribution in [3.8, 4) is 17.3 Å². The summed E-state index contributed by atoms with van der Waals surface area (Å²) in [4.78, 5) is 25.5. The van der Waals surface area contributed by atoms with Crippen molar-refractivity contribution in [2.45, 2.75) is 33.2 Å². The third-order valence-electron chi connectivity index (χ3n) is 4.68. The van der Waals surface area contributed by atoms with Crippen LogP contribution in [0.5, 0.6) is 5.88 Å². The Hall–Kier alpha value is -3.82. The van der Waals surface area contributed by atoms with Gasteiger partial charge in [0.1, 0.15) is 12.4 Å². The van der Waals surface area contributed by atoms with E-state index in [1.165, 1.54) is 0 Å². The molecular weight excluding hydrogens is 398 g/mol. The lowest BCUT2D eigenvalue weighted by Crippen LogP contribution is -2.17. The van der Waals surface area contributed by atoms with E-state index in [2.05, 4.69) is 25.1 Å². The van der Waals surface area contributed by atoms with Crippen LogP contribution in [0, 0.1) is 6.92 Å². The summed E-state index contributed by atoms with van der Waals surface area (Å²) in [6.07, 6.45) is 2.71. The maximum absolute atomic E-state index is 12.1. The van der Waals surface area contributed by atoms with E-state index in [1.807, 2.05) is 37.3 Å². The summed E-state index contributed by atoms with van der Waals surface area (Å²) in [6.45, 7) is 3.99. The molecule has 0 N–H and O–H groups in total. The zero-order valence-corrected chi connectivity index (χ0v) is 17.6. The van der Waals surface area contributed by atoms with Crippen molar-refractivity contribution in [1.29, 1.82) is 0 Å². The van der Waals surface area contributed by atoms with E-state index in [0.29, 0.717) is 48.4 Å². The summed E-state index contributed by atoms with van der Waals surface area (Å²) in [5.41, 5.74) is 2.30. The van der Waals surface area contributed by atoms with Gasteiger partial charge < -0.3 is 9.47 Å². The molecule has 4 rings (SSSR count). The molecule has 0 radical (unpaired) electrons. The molecule has 0 atom stereocenters. The number of aryl methyl sites for hydroxylation is 3. The zero-order chi connectivity index (χ0) is 21.8. The molecule has 1 aromatic carbocycles. The monoisotopic (exact) mass is 421 g/mol. The van der Waals surface area contributed by atoms with Crippen LogP contribution in [0.25, 0.3) is 17.0 Å². The zero-order valence-electron chi connectivity index (χ0n) is 17.6. The second-order valence-corrected chi connectivity index (χ2v) is 6.85. The normalized spacial score (nSPS) is 11.1. The van der Waals surface area contributed by atoms with Gasteiger partial charge in [0, 0.05) is 18.4 Å². The van der Waals surface area contributed by atoms with Crippen molar-refractivity contribution in [2.24, 2.45) is 0 Å². The number of ether oxygens (including phenoxy) is 2. The number of hydrogen-bond acceptors (Lipinski definition) is 8. The van der Waals surface area contributed by atoms with Crippen molar-refractivity contribution in [3.63, 3.8) is 0 Å². The van der Waals surface area contributed by atoms with Crippen LogP contribution in [0.4, 0.5) is 0 Å². The first kappa shape index (κ1) is 20.5. The molecule has 0 bridgehead atoms. The summed E-state index contributed by atoms with van der Waals surface area (Å²) in [5, 5.41) is 9.09. The van der Waals surface area contributed by atoms with Gasteiger partial charge in [0.25, 0.3) is 5.88 Å². The quantitative estimate of drug-likeness (QED) is 0.398. The van der Waals surface area contributed by atoms with Crippen LogP contribution in [0.15, 0.2) is 36.5 Å². The summed E-state index contributed by atoms with van der Waals surface area (Å²) in [6, 6.07) is 9.63. The number of fused-ring (bicyclic) bond motifs is 1. The number of esters is 1. The summed E-state index contributed by atoms with van der Waals surface area (Å²) in [7, 11) is 1.55. The predicted molar refractivity (Wildman–Crippen MR) is 112 cm³/mol. The lowest BCUT2D eigenvalue weighted by atomic mass is 10.2. The number of methoxy groups -OCH3 is 1. The molecule has 0 aliphatic rings. The van der Waals surface area contributed by atoms with Crippen molar-refractivity contribution >= 4 is 11.6 Å². The van der Waals surface area contributed by atoms with E-state index in [1.54, 1.807) is 29.4 Å². The van der Waals surface area contributed by atoms with Gasteiger partial charge in [0.05, 0.1) is 25.6 Å². The fraction of sp³-hybridized carbons (Fsp3) is 0.333. The molecule has 0 aliphatic heterocycles. The molecule has 10 nitrogen and oxygen atoms in total. The number of benzene rings is 1. The van der Waals surface area contributed by atoms with Gasteiger partial charge in [0.15, 0.2) is 11.6 Å². The molecule has 31 heavy (non-hydrogen) atoms. The number of carbonyl (C=O) groups is 1. The number of carbonyl (C=O) groups excluding carboxylic acids is 1. The average molecular weight is 421 g/mol. The van der Waals surface area contributed by atoms with E-state index in [9.17, 15) is 4.79 Å². The van der Waals surface area contributed by atoms with Crippen molar-refractivity contribution in [2.75, 3.05) is 13.7 Å². The van der Waals surface area contributed by atoms with Gasteiger partial charge in [-0.15, -0.1) is 0 Å². The van der Waals surface area contributed by atoms with Gasteiger partial charge in [-0.05, 0) is 13.8 Å². The lowest BCUT2D eigenvalue weighted by Gasteiger charge is -2.04. The molecular formula is C21H23N7O3. The smallest absolute Gasteiger partial charge is 0.327 e. The predicted octanol–water partition coefficient (Wildman–Crippen LogP) is 2.05. The summed E-state index contributed by atoms with van der Waals surface area (Å²) < 4.78 is 13.7. The Balaban J connectivity index is 1.61. The highest BCUT2D eigenvalue weighted by atomic mass is 16.5. The fourth-order valence-corrected chi connectivity index (χ4v) is 3.20. The Morgan fingerprint density at radius 1 is 1.10 bits per heavy atom. The Bertz CT molecular complexity index is 1200. The molecule has 3 aromatic heterocycles. The maximum Gasteiger partial charge on any atom is 0.327 e. The number of hydrogen-bond donors (Lipinski definition) is 0. The van der Waals surface area contributed by atoms with E-state index in [-0.39, 0.29) is 12.5 Å². The summed E-state index contributed by atoms with van der Waals surface area (Å²) in [5.74, 6) is 1.91. The molecule has 10 heteroatoms. The molecule has 0 spiro atoms. The Kier molecular flexibility index (Phi) is 5.87. The molecule has 160 valence electrons. The van der Waals surface area contributed by atoms with E-state index >= 15 is 0 Å². The number of nitrogens with zero attached hydrogens (tertiary/aromatic N) is 7. The number of aromatic nitrogens is 7. The van der Waals surface area contributed by atoms with Crippen molar-refractivity contribution in [1.82, 2.24) is 34.3 Å². The minimum Gasteiger partial charge on any atom is -0.478 e. The molecule has 3 heterocycles. The Morgan fingerprint density at radius 2 is 1.90 bits per heavy atom. The van der Waals surface area contributed by atoms with Gasteiger partial charge >= 0.3 is 5.97 Å². The van der Waals surface area contributed by atoms with Gasteiger partial charge in [-0.2, -0.15) is 10.2 Å². The molecule has 0 aliphatic carbocycles. The standard InChI is InChI=1S/C21H23N7O3/c1-4-31-18(29)13-27-17(24-19(26-27)15-8-6-5-7-9-15)11-10-16-23-20-21(30-3)22-12-14(2)28(20)25-16/h5-9,12H,4,10-11,13H2,1-3H3. The van der Waals surface area contributed by atoms with Gasteiger partial charge in [-0.1, -0.05) is 30.3 Å². The number of rotatable bonds is 8. The van der Waals surface area contributed by atoms with E-state index in [0.717, 1.165) is 11.3 Å². The average Bonchev–Trinajstić information content (AvgIpc) is 3.38. The molecule has 0 saturated heterocycles. The minimum atomic E-state index is -0.356. The second-order valence-electron chi connectivity index (χ2n) is 6.85. The van der Waals surface area contributed by atoms with Crippen LogP contribution >= 0.6 is 0 Å². The summed E-state index contributed by atoms with van der Waals surface area (Å²) >= 11 is 0.